The molecule has 0 amide bonds. The molecule has 0 radical (unpaired) electrons. The van der Waals surface area contributed by atoms with Crippen molar-refractivity contribution in [3.63, 3.8) is 0 Å². The van der Waals surface area contributed by atoms with E-state index in [4.69, 9.17) is 0 Å². The highest BCUT2D eigenvalue weighted by Gasteiger charge is 1.81. The second kappa shape index (κ2) is 4.67. The van der Waals surface area contributed by atoms with E-state index in [9.17, 15) is 0 Å². The Balaban J connectivity index is 2.49. The summed E-state index contributed by atoms with van der Waals surface area (Å²) in [5.74, 6) is 0. The maximum Gasteiger partial charge on any atom is 0.273 e. The Bertz CT molecular complexity index is 32.9. The van der Waals surface area contributed by atoms with E-state index in [1.54, 1.807) is 0 Å². The van der Waals surface area contributed by atoms with Gasteiger partial charge in [-0.15, -0.1) is 0 Å². The first-order valence-electron chi connectivity index (χ1n) is 2.28. The highest BCUT2D eigenvalue weighted by Crippen LogP contribution is 1.80. The van der Waals surface area contributed by atoms with Crippen molar-refractivity contribution in [2.45, 2.75) is 19.8 Å². The van der Waals surface area contributed by atoms with Crippen molar-refractivity contribution in [2.75, 3.05) is 6.61 Å². The van der Waals surface area contributed by atoms with Gasteiger partial charge in [-0.2, -0.15) is 0 Å². The van der Waals surface area contributed by atoms with Gasteiger partial charge in [0.1, 0.15) is 0 Å². The normalized spacial score (nSPS) is 8.17. The molecular formula is C5H11O+. The molecule has 0 bridgehead atoms. The zero-order valence-electron chi connectivity index (χ0n) is 4.24. The van der Waals surface area contributed by atoms with Crippen LogP contribution in [0.3, 0.4) is 0 Å². The molecule has 0 rings (SSSR count). The lowest BCUT2D eigenvalue weighted by Gasteiger charge is -1.73. The number of carbonyl (C=O) groups excluding carboxylic acids is 1. The minimum absolute atomic E-state index is 0.802. The minimum Gasteiger partial charge on any atom is -0.270 e. The van der Waals surface area contributed by atoms with Crippen LogP contribution >= 0.6 is 0 Å². The molecule has 0 aliphatic carbocycles. The summed E-state index contributed by atoms with van der Waals surface area (Å²) in [5.41, 5.74) is 0. The lowest BCUT2D eigenvalue weighted by atomic mass is 10.4. The summed E-state index contributed by atoms with van der Waals surface area (Å²) in [5, 5.41) is 0. The van der Waals surface area contributed by atoms with Crippen LogP contribution in [-0.2, 0) is 4.42 Å². The average Bonchev–Trinajstić information content (AvgIpc) is 1.61. The molecule has 0 aliphatic heterocycles. The zero-order valence-corrected chi connectivity index (χ0v) is 4.24. The van der Waals surface area contributed by atoms with Crippen molar-refractivity contribution < 1.29 is 4.42 Å². The SMILES string of the molecule is C=[O+]CCCC. The predicted octanol–water partition coefficient (Wildman–Crippen LogP) is 1.15. The Morgan fingerprint density at radius 1 is 1.67 bits per heavy atom. The second-order valence-corrected chi connectivity index (χ2v) is 1.26. The van der Waals surface area contributed by atoms with E-state index in [2.05, 4.69) is 18.1 Å². The van der Waals surface area contributed by atoms with Crippen molar-refractivity contribution in [3.05, 3.63) is 0 Å². The molecule has 0 aromatic heterocycles. The molecule has 1 heteroatoms. The standard InChI is InChI=1S/C5H11O/c1-3-4-5-6-2/h2-5H2,1H3/q+1. The van der Waals surface area contributed by atoms with Gasteiger partial charge < -0.3 is 0 Å². The molecule has 0 saturated carbocycles. The minimum atomic E-state index is 0.802. The summed E-state index contributed by atoms with van der Waals surface area (Å²) in [6.07, 6.45) is 2.32. The van der Waals surface area contributed by atoms with E-state index >= 15 is 0 Å². The molecule has 0 aromatic carbocycles. The van der Waals surface area contributed by atoms with Gasteiger partial charge in [0.15, 0.2) is 0 Å². The van der Waals surface area contributed by atoms with Gasteiger partial charge in [0.25, 0.3) is 13.4 Å². The first-order valence-corrected chi connectivity index (χ1v) is 2.28. The predicted molar refractivity (Wildman–Crippen MR) is 26.9 cm³/mol. The number of unbranched alkanes of at least 4 members (excludes halogenated alkanes) is 1. The Labute approximate surface area is 38.7 Å². The number of hydrogen-bond acceptors (Lipinski definition) is 0. The van der Waals surface area contributed by atoms with Crippen LogP contribution in [0.15, 0.2) is 0 Å². The molecule has 0 N–H and O–H groups in total. The van der Waals surface area contributed by atoms with Gasteiger partial charge in [0.05, 0.1) is 0 Å². The number of rotatable bonds is 3. The van der Waals surface area contributed by atoms with Gasteiger partial charge in [-0.25, -0.2) is 0 Å². The van der Waals surface area contributed by atoms with Gasteiger partial charge in [0, 0.05) is 6.42 Å². The Hall–Kier alpha value is -0.330. The van der Waals surface area contributed by atoms with Crippen LogP contribution < -0.4 is 0 Å². The highest BCUT2D eigenvalue weighted by atomic mass is 16.4. The summed E-state index contributed by atoms with van der Waals surface area (Å²) < 4.78 is 4.53. The summed E-state index contributed by atoms with van der Waals surface area (Å²) in [6, 6.07) is 0. The lowest BCUT2D eigenvalue weighted by Crippen LogP contribution is -1.79. The lowest BCUT2D eigenvalue weighted by molar-refractivity contribution is -0.447. The molecule has 0 atom stereocenters. The molecule has 0 spiro atoms. The van der Waals surface area contributed by atoms with Crippen LogP contribution in [-0.4, -0.2) is 13.4 Å². The van der Waals surface area contributed by atoms with Crippen LogP contribution in [0.5, 0.6) is 0 Å². The van der Waals surface area contributed by atoms with E-state index < -0.39 is 0 Å². The monoisotopic (exact) mass is 87.1 g/mol. The first-order chi connectivity index (χ1) is 2.91. The van der Waals surface area contributed by atoms with Crippen LogP contribution in [0.25, 0.3) is 0 Å². The fourth-order valence-electron chi connectivity index (χ4n) is 0.246. The van der Waals surface area contributed by atoms with Crippen LogP contribution in [0, 0.1) is 0 Å². The van der Waals surface area contributed by atoms with Crippen molar-refractivity contribution >= 4 is 6.79 Å². The quantitative estimate of drug-likeness (QED) is 0.361. The molecule has 0 aromatic rings. The molecule has 6 heavy (non-hydrogen) atoms. The zero-order chi connectivity index (χ0) is 4.83. The van der Waals surface area contributed by atoms with Gasteiger partial charge in [-0.05, 0) is 6.42 Å². The van der Waals surface area contributed by atoms with E-state index in [1.165, 1.54) is 6.42 Å². The van der Waals surface area contributed by atoms with Crippen LogP contribution in [0.1, 0.15) is 19.8 Å². The van der Waals surface area contributed by atoms with E-state index in [0.29, 0.717) is 0 Å². The second-order valence-electron chi connectivity index (χ2n) is 1.26. The highest BCUT2D eigenvalue weighted by molar-refractivity contribution is 5.12. The van der Waals surface area contributed by atoms with E-state index in [0.717, 1.165) is 13.0 Å². The van der Waals surface area contributed by atoms with Crippen LogP contribution in [0.4, 0.5) is 0 Å². The molecule has 36 valence electrons. The first kappa shape index (κ1) is 5.67. The maximum absolute atomic E-state index is 4.53. The molecule has 0 heterocycles. The third-order valence-electron chi connectivity index (χ3n) is 0.642. The molecule has 0 unspecified atom stereocenters. The maximum atomic E-state index is 4.53. The van der Waals surface area contributed by atoms with Crippen LogP contribution in [0.2, 0.25) is 0 Å². The average molecular weight is 87.1 g/mol. The van der Waals surface area contributed by atoms with Crippen molar-refractivity contribution in [1.82, 2.24) is 0 Å². The summed E-state index contributed by atoms with van der Waals surface area (Å²) >= 11 is 0. The topological polar surface area (TPSA) is 11.3 Å². The van der Waals surface area contributed by atoms with E-state index in [1.807, 2.05) is 0 Å². The molecular weight excluding hydrogens is 76.1 g/mol. The Morgan fingerprint density at radius 3 is 2.50 bits per heavy atom. The molecule has 1 nitrogen and oxygen atoms in total. The summed E-state index contributed by atoms with van der Waals surface area (Å²) in [6.45, 7) is 6.15. The largest absolute Gasteiger partial charge is 0.273 e. The van der Waals surface area contributed by atoms with Crippen molar-refractivity contribution in [2.24, 2.45) is 0 Å². The van der Waals surface area contributed by atoms with Gasteiger partial charge >= 0.3 is 0 Å². The Morgan fingerprint density at radius 2 is 2.33 bits per heavy atom. The Kier molecular flexibility index (Phi) is 4.41. The fourth-order valence-corrected chi connectivity index (χ4v) is 0.246. The fraction of sp³-hybridized carbons (Fsp3) is 0.800. The van der Waals surface area contributed by atoms with E-state index in [-0.39, 0.29) is 0 Å². The van der Waals surface area contributed by atoms with Crippen molar-refractivity contribution in [3.8, 4) is 0 Å². The molecule has 0 fully saturated rings. The summed E-state index contributed by atoms with van der Waals surface area (Å²) in [4.78, 5) is 0. The smallest absolute Gasteiger partial charge is 0.270 e. The third kappa shape index (κ3) is 3.67. The third-order valence-corrected chi connectivity index (χ3v) is 0.642. The van der Waals surface area contributed by atoms with Gasteiger partial charge in [0.2, 0.25) is 0 Å². The summed E-state index contributed by atoms with van der Waals surface area (Å²) in [7, 11) is 0. The van der Waals surface area contributed by atoms with Gasteiger partial charge in [-0.1, -0.05) is 6.92 Å². The van der Waals surface area contributed by atoms with Crippen molar-refractivity contribution in [1.29, 1.82) is 0 Å². The van der Waals surface area contributed by atoms with Gasteiger partial charge in [-0.3, -0.25) is 4.42 Å². The molecule has 0 saturated heterocycles. The molecule has 0 aliphatic rings. The number of hydrogen-bond donors (Lipinski definition) is 0.